The molecular formula is C33H38ClN5O6S. The molecule has 46 heavy (non-hydrogen) atoms. The van der Waals surface area contributed by atoms with Gasteiger partial charge in [-0.05, 0) is 61.9 Å². The van der Waals surface area contributed by atoms with Crippen molar-refractivity contribution in [2.75, 3.05) is 45.3 Å². The van der Waals surface area contributed by atoms with Gasteiger partial charge >= 0.3 is 5.97 Å². The molecule has 3 aliphatic rings. The van der Waals surface area contributed by atoms with Crippen LogP contribution in [0.15, 0.2) is 58.9 Å². The van der Waals surface area contributed by atoms with Gasteiger partial charge in [0.2, 0.25) is 11.1 Å². The molecule has 11 nitrogen and oxygen atoms in total. The van der Waals surface area contributed by atoms with E-state index in [1.165, 1.54) is 11.8 Å². The summed E-state index contributed by atoms with van der Waals surface area (Å²) in [5.41, 5.74) is 2.80. The fourth-order valence-corrected chi connectivity index (χ4v) is 7.05. The summed E-state index contributed by atoms with van der Waals surface area (Å²) in [6, 6.07) is 12.5. The highest BCUT2D eigenvalue weighted by molar-refractivity contribution is 7.98. The largest absolute Gasteiger partial charge is 0.493 e. The molecule has 244 valence electrons. The molecule has 1 aromatic heterocycles. The molecule has 0 spiro atoms. The van der Waals surface area contributed by atoms with Gasteiger partial charge in [-0.1, -0.05) is 54.0 Å². The number of carbonyl (C=O) groups excluding carboxylic acids is 2. The zero-order valence-corrected chi connectivity index (χ0v) is 27.6. The highest BCUT2D eigenvalue weighted by Crippen LogP contribution is 2.40. The topological polar surface area (TPSA) is 117 Å². The number of esters is 1. The fourth-order valence-electron chi connectivity index (χ4n) is 5.94. The summed E-state index contributed by atoms with van der Waals surface area (Å²) in [5.74, 6) is 1.44. The SMILES string of the molecule is COc1cc(C2C(C(=O)OC3CCCCC3)=C(C)Nc3nc(SCc4ccccc4Cl)nn32)ccc1OCC(=O)N1CCOCC1. The second-order valence-electron chi connectivity index (χ2n) is 11.5. The van der Waals surface area contributed by atoms with Gasteiger partial charge in [0, 0.05) is 29.6 Å². The Morgan fingerprint density at radius 1 is 1.09 bits per heavy atom. The van der Waals surface area contributed by atoms with Gasteiger partial charge in [-0.25, -0.2) is 9.48 Å². The number of rotatable bonds is 10. The van der Waals surface area contributed by atoms with Crippen LogP contribution in [0.1, 0.15) is 56.2 Å². The lowest BCUT2D eigenvalue weighted by Crippen LogP contribution is -2.43. The van der Waals surface area contributed by atoms with Gasteiger partial charge in [-0.3, -0.25) is 4.79 Å². The van der Waals surface area contributed by atoms with Crippen LogP contribution < -0.4 is 14.8 Å². The Hall–Kier alpha value is -3.74. The molecule has 1 unspecified atom stereocenters. The number of thioether (sulfide) groups is 1. The number of halogens is 1. The summed E-state index contributed by atoms with van der Waals surface area (Å²) in [4.78, 5) is 33.1. The van der Waals surface area contributed by atoms with Crippen molar-refractivity contribution in [1.29, 1.82) is 0 Å². The quantitative estimate of drug-likeness (QED) is 0.215. The summed E-state index contributed by atoms with van der Waals surface area (Å²) in [5, 5.41) is 9.35. The predicted octanol–water partition coefficient (Wildman–Crippen LogP) is 5.63. The van der Waals surface area contributed by atoms with Crippen molar-refractivity contribution in [3.05, 3.63) is 69.9 Å². The molecule has 6 rings (SSSR count). The lowest BCUT2D eigenvalue weighted by atomic mass is 9.94. The normalized spacial score (nSPS) is 18.5. The Labute approximate surface area is 277 Å². The van der Waals surface area contributed by atoms with E-state index in [0.29, 0.717) is 71.0 Å². The van der Waals surface area contributed by atoms with E-state index in [-0.39, 0.29) is 24.6 Å². The zero-order chi connectivity index (χ0) is 32.0. The first-order chi connectivity index (χ1) is 22.4. The third-order valence-corrected chi connectivity index (χ3v) is 9.67. The van der Waals surface area contributed by atoms with Crippen molar-refractivity contribution in [2.45, 2.75) is 62.1 Å². The monoisotopic (exact) mass is 667 g/mol. The van der Waals surface area contributed by atoms with Crippen molar-refractivity contribution in [3.63, 3.8) is 0 Å². The standard InChI is InChI=1S/C33H38ClN5O6S/c1-21-29(31(41)45-24-9-4-3-5-10-24)30(39-32(35-21)36-33(37-39)46-20-23-8-6-7-11-25(23)34)22-12-13-26(27(18-22)42-2)44-19-28(40)38-14-16-43-17-15-38/h6-8,11-13,18,24,30H,3-5,9-10,14-17,19-20H2,1-2H3,(H,35,36,37). The van der Waals surface area contributed by atoms with Crippen molar-refractivity contribution in [3.8, 4) is 11.5 Å². The number of benzene rings is 2. The number of anilines is 1. The minimum atomic E-state index is -0.646. The lowest BCUT2D eigenvalue weighted by molar-refractivity contribution is -0.146. The molecule has 1 saturated heterocycles. The van der Waals surface area contributed by atoms with Crippen LogP contribution in [0.3, 0.4) is 0 Å². The molecule has 2 fully saturated rings. The number of carbonyl (C=O) groups is 2. The summed E-state index contributed by atoms with van der Waals surface area (Å²) in [7, 11) is 1.54. The number of fused-ring (bicyclic) bond motifs is 1. The van der Waals surface area contributed by atoms with E-state index in [2.05, 4.69) is 5.32 Å². The van der Waals surface area contributed by atoms with E-state index in [1.807, 2.05) is 43.3 Å². The van der Waals surface area contributed by atoms with Gasteiger partial charge in [0.15, 0.2) is 18.1 Å². The van der Waals surface area contributed by atoms with Crippen molar-refractivity contribution >= 4 is 41.2 Å². The molecule has 1 aliphatic carbocycles. The highest BCUT2D eigenvalue weighted by atomic mass is 35.5. The van der Waals surface area contributed by atoms with E-state index in [9.17, 15) is 9.59 Å². The minimum absolute atomic E-state index is 0.115. The van der Waals surface area contributed by atoms with E-state index in [0.717, 1.165) is 43.2 Å². The van der Waals surface area contributed by atoms with E-state index in [1.54, 1.807) is 22.8 Å². The number of ether oxygens (including phenoxy) is 4. The maximum absolute atomic E-state index is 13.9. The first kappa shape index (κ1) is 32.2. The molecular weight excluding hydrogens is 630 g/mol. The summed E-state index contributed by atoms with van der Waals surface area (Å²) >= 11 is 7.85. The number of hydrogen-bond acceptors (Lipinski definition) is 10. The van der Waals surface area contributed by atoms with Crippen LogP contribution >= 0.6 is 23.4 Å². The molecule has 2 aliphatic heterocycles. The van der Waals surface area contributed by atoms with Gasteiger partial charge < -0.3 is 29.2 Å². The number of morpholine rings is 1. The number of allylic oxidation sites excluding steroid dienone is 1. The van der Waals surface area contributed by atoms with Gasteiger partial charge in [0.1, 0.15) is 12.1 Å². The number of nitrogens with zero attached hydrogens (tertiary/aromatic N) is 4. The summed E-state index contributed by atoms with van der Waals surface area (Å²) < 4.78 is 24.8. The second kappa shape index (κ2) is 14.8. The Bertz CT molecular complexity index is 1600. The second-order valence-corrected chi connectivity index (χ2v) is 12.8. The molecule has 0 bridgehead atoms. The maximum Gasteiger partial charge on any atom is 0.338 e. The molecule has 3 aromatic rings. The van der Waals surface area contributed by atoms with Gasteiger partial charge in [0.25, 0.3) is 5.91 Å². The van der Waals surface area contributed by atoms with Crippen LogP contribution in [0.25, 0.3) is 0 Å². The van der Waals surface area contributed by atoms with Crippen LogP contribution in [-0.4, -0.2) is 77.7 Å². The minimum Gasteiger partial charge on any atom is -0.493 e. The number of hydrogen-bond donors (Lipinski definition) is 1. The number of nitrogens with one attached hydrogen (secondary N) is 1. The smallest absolute Gasteiger partial charge is 0.338 e. The first-order valence-corrected chi connectivity index (χ1v) is 17.0. The van der Waals surface area contributed by atoms with Crippen LogP contribution in [0.5, 0.6) is 11.5 Å². The molecule has 1 saturated carbocycles. The van der Waals surface area contributed by atoms with Gasteiger partial charge in [0.05, 0.1) is 25.9 Å². The Morgan fingerprint density at radius 3 is 2.63 bits per heavy atom. The third-order valence-electron chi connectivity index (χ3n) is 8.41. The number of methoxy groups -OCH3 is 1. The van der Waals surface area contributed by atoms with E-state index < -0.39 is 6.04 Å². The van der Waals surface area contributed by atoms with Crippen molar-refractivity contribution < 1.29 is 28.5 Å². The van der Waals surface area contributed by atoms with Crippen LogP contribution in [0.4, 0.5) is 5.95 Å². The van der Waals surface area contributed by atoms with Crippen molar-refractivity contribution in [2.24, 2.45) is 0 Å². The Balaban J connectivity index is 1.29. The summed E-state index contributed by atoms with van der Waals surface area (Å²) in [6.45, 7) is 3.84. The average Bonchev–Trinajstić information content (AvgIpc) is 3.49. The number of amides is 1. The Kier molecular flexibility index (Phi) is 10.4. The van der Waals surface area contributed by atoms with Crippen LogP contribution in [0.2, 0.25) is 5.02 Å². The predicted molar refractivity (Wildman–Crippen MR) is 174 cm³/mol. The summed E-state index contributed by atoms with van der Waals surface area (Å²) in [6.07, 6.45) is 4.85. The molecule has 0 radical (unpaired) electrons. The van der Waals surface area contributed by atoms with Crippen LogP contribution in [0, 0.1) is 0 Å². The van der Waals surface area contributed by atoms with Crippen LogP contribution in [-0.2, 0) is 24.8 Å². The Morgan fingerprint density at radius 2 is 1.87 bits per heavy atom. The fraction of sp³-hybridized carbons (Fsp3) is 0.455. The maximum atomic E-state index is 13.9. The molecule has 1 amide bonds. The third kappa shape index (κ3) is 7.29. The number of aromatic nitrogens is 3. The molecule has 2 aromatic carbocycles. The highest BCUT2D eigenvalue weighted by Gasteiger charge is 2.37. The first-order valence-electron chi connectivity index (χ1n) is 15.6. The molecule has 3 heterocycles. The van der Waals surface area contributed by atoms with Gasteiger partial charge in [-0.2, -0.15) is 4.98 Å². The zero-order valence-electron chi connectivity index (χ0n) is 26.0. The van der Waals surface area contributed by atoms with Crippen molar-refractivity contribution in [1.82, 2.24) is 19.7 Å². The molecule has 1 atom stereocenters. The van der Waals surface area contributed by atoms with E-state index >= 15 is 0 Å². The average molecular weight is 668 g/mol. The molecule has 13 heteroatoms. The van der Waals surface area contributed by atoms with E-state index in [4.69, 9.17) is 40.6 Å². The molecule has 1 N–H and O–H groups in total. The van der Waals surface area contributed by atoms with Gasteiger partial charge in [-0.15, -0.1) is 5.10 Å². The lowest BCUT2D eigenvalue weighted by Gasteiger charge is -2.30.